The molecule has 0 saturated heterocycles. The van der Waals surface area contributed by atoms with Crippen LogP contribution in [0.1, 0.15) is 20.8 Å². The zero-order valence-corrected chi connectivity index (χ0v) is 14.4. The molecule has 9 heteroatoms. The highest BCUT2D eigenvalue weighted by atomic mass is 127. The van der Waals surface area contributed by atoms with Gasteiger partial charge in [0.1, 0.15) is 9.52 Å². The molecule has 0 spiro atoms. The molecule has 0 unspecified atom stereocenters. The topological polar surface area (TPSA) is 34.9 Å². The Bertz CT molecular complexity index is 929. The number of thiophene rings is 1. The summed E-state index contributed by atoms with van der Waals surface area (Å²) in [6.07, 6.45) is -4.84. The molecule has 0 fully saturated rings. The molecular weight excluding hydrogens is 447 g/mol. The summed E-state index contributed by atoms with van der Waals surface area (Å²) in [7, 11) is 0. The monoisotopic (exact) mass is 454 g/mol. The Hall–Kier alpha value is -1.49. The van der Waals surface area contributed by atoms with Gasteiger partial charge in [0.05, 0.1) is 21.3 Å². The zero-order chi connectivity index (χ0) is 16.9. The van der Waals surface area contributed by atoms with Crippen molar-refractivity contribution in [2.75, 3.05) is 0 Å². The third-order valence-corrected chi connectivity index (χ3v) is 5.32. The van der Waals surface area contributed by atoms with Crippen molar-refractivity contribution in [3.05, 3.63) is 49.8 Å². The summed E-state index contributed by atoms with van der Waals surface area (Å²) in [4.78, 5) is 13.5. The Balaban J connectivity index is 2.20. The lowest BCUT2D eigenvalue weighted by Crippen LogP contribution is -2.20. The predicted octanol–water partition coefficient (Wildman–Crippen LogP) is 4.86. The third-order valence-electron chi connectivity index (χ3n) is 3.15. The highest BCUT2D eigenvalue weighted by Gasteiger charge is 2.36. The minimum Gasteiger partial charge on any atom is -0.267 e. The van der Waals surface area contributed by atoms with E-state index in [4.69, 9.17) is 0 Å². The summed E-state index contributed by atoms with van der Waals surface area (Å²) in [5.41, 5.74) is -1.50. The van der Waals surface area contributed by atoms with E-state index in [0.29, 0.717) is 15.3 Å². The fourth-order valence-corrected chi connectivity index (χ4v) is 3.89. The van der Waals surface area contributed by atoms with Crippen molar-refractivity contribution < 1.29 is 22.4 Å². The van der Waals surface area contributed by atoms with Crippen LogP contribution in [0.2, 0.25) is 0 Å². The lowest BCUT2D eigenvalue weighted by molar-refractivity contribution is -0.138. The van der Waals surface area contributed by atoms with Crippen LogP contribution in [0.25, 0.3) is 10.2 Å². The molecule has 0 radical (unpaired) electrons. The van der Waals surface area contributed by atoms with E-state index in [2.05, 4.69) is 5.10 Å². The third kappa shape index (κ3) is 2.87. The van der Waals surface area contributed by atoms with Gasteiger partial charge in [-0.1, -0.05) is 0 Å². The molecule has 120 valence electrons. The number of nitrogens with zero attached hydrogens (tertiary/aromatic N) is 2. The lowest BCUT2D eigenvalue weighted by atomic mass is 10.1. The smallest absolute Gasteiger partial charge is 0.267 e. The average molecular weight is 454 g/mol. The molecule has 0 aliphatic carbocycles. The molecule has 0 bridgehead atoms. The molecule has 0 aliphatic rings. The minimum atomic E-state index is -4.84. The van der Waals surface area contributed by atoms with Crippen LogP contribution in [0.3, 0.4) is 0 Å². The maximum atomic E-state index is 13.2. The van der Waals surface area contributed by atoms with Crippen LogP contribution < -0.4 is 0 Å². The Labute approximate surface area is 145 Å². The maximum Gasteiger partial charge on any atom is 0.417 e. The van der Waals surface area contributed by atoms with E-state index in [1.54, 1.807) is 6.07 Å². The molecule has 3 aromatic rings. The number of benzene rings is 1. The van der Waals surface area contributed by atoms with Crippen LogP contribution >= 0.6 is 33.9 Å². The van der Waals surface area contributed by atoms with Crippen molar-refractivity contribution in [3.8, 4) is 0 Å². The van der Waals surface area contributed by atoms with Crippen molar-refractivity contribution in [1.82, 2.24) is 9.78 Å². The molecule has 3 rings (SSSR count). The second-order valence-corrected chi connectivity index (χ2v) is 7.04. The number of hydrogen-bond acceptors (Lipinski definition) is 3. The number of aryl methyl sites for hydroxylation is 1. The first-order valence-corrected chi connectivity index (χ1v) is 8.14. The Morgan fingerprint density at radius 2 is 2.00 bits per heavy atom. The number of carbonyl (C=O) groups excluding carboxylic acids is 1. The van der Waals surface area contributed by atoms with Gasteiger partial charge in [-0.25, -0.2) is 4.39 Å². The molecule has 1 aromatic carbocycles. The largest absolute Gasteiger partial charge is 0.417 e. The molecule has 0 aliphatic heterocycles. The van der Waals surface area contributed by atoms with Crippen molar-refractivity contribution in [2.24, 2.45) is 0 Å². The van der Waals surface area contributed by atoms with Crippen LogP contribution in [0.15, 0.2) is 24.3 Å². The van der Waals surface area contributed by atoms with Crippen molar-refractivity contribution >= 4 is 50.1 Å². The number of aromatic nitrogens is 2. The maximum absolute atomic E-state index is 13.2. The summed E-state index contributed by atoms with van der Waals surface area (Å²) in [6, 6.07) is 3.66. The predicted molar refractivity (Wildman–Crippen MR) is 86.2 cm³/mol. The molecular formula is C14H7F4IN2OS. The van der Waals surface area contributed by atoms with Crippen LogP contribution in [-0.2, 0) is 6.18 Å². The van der Waals surface area contributed by atoms with Gasteiger partial charge < -0.3 is 0 Å². The summed E-state index contributed by atoms with van der Waals surface area (Å²) in [6.45, 7) is 1.83. The summed E-state index contributed by atoms with van der Waals surface area (Å²) in [5.74, 6) is -2.00. The molecule has 3 nitrogen and oxygen atoms in total. The molecule has 2 heterocycles. The fraction of sp³-hybridized carbons (Fsp3) is 0.143. The molecule has 0 amide bonds. The van der Waals surface area contributed by atoms with E-state index < -0.39 is 29.0 Å². The number of halogens is 5. The summed E-state index contributed by atoms with van der Waals surface area (Å²) < 4.78 is 54.6. The van der Waals surface area contributed by atoms with E-state index in [1.807, 2.05) is 29.5 Å². The lowest BCUT2D eigenvalue weighted by Gasteiger charge is -2.12. The van der Waals surface area contributed by atoms with Gasteiger partial charge in [-0.3, -0.25) is 4.79 Å². The van der Waals surface area contributed by atoms with E-state index in [1.165, 1.54) is 11.3 Å². The van der Waals surface area contributed by atoms with Gasteiger partial charge in [0.25, 0.3) is 5.91 Å². The molecule has 0 atom stereocenters. The van der Waals surface area contributed by atoms with Crippen LogP contribution in [0, 0.1) is 16.4 Å². The number of carbonyl (C=O) groups is 1. The van der Waals surface area contributed by atoms with Crippen LogP contribution in [0.5, 0.6) is 0 Å². The van der Waals surface area contributed by atoms with Crippen molar-refractivity contribution in [2.45, 2.75) is 13.1 Å². The standard InChI is InChI=1S/C14H7F4IN2OS/c1-6-4-10-11(23-6)12(19)20-21(10)13(22)8-3-2-7(15)5-9(8)14(16,17)18/h2-5H,1H3. The van der Waals surface area contributed by atoms with Crippen molar-refractivity contribution in [1.29, 1.82) is 0 Å². The first kappa shape index (κ1) is 16.4. The Morgan fingerprint density at radius 1 is 1.30 bits per heavy atom. The van der Waals surface area contributed by atoms with E-state index in [0.717, 1.165) is 26.4 Å². The fourth-order valence-electron chi connectivity index (χ4n) is 2.20. The van der Waals surface area contributed by atoms with Crippen LogP contribution in [-0.4, -0.2) is 15.7 Å². The van der Waals surface area contributed by atoms with Crippen LogP contribution in [0.4, 0.5) is 17.6 Å². The Kier molecular flexibility index (Phi) is 3.95. The van der Waals surface area contributed by atoms with Gasteiger partial charge in [0.2, 0.25) is 0 Å². The SMILES string of the molecule is Cc1cc2c(s1)c(I)nn2C(=O)c1ccc(F)cc1C(F)(F)F. The molecule has 2 aromatic heterocycles. The highest BCUT2D eigenvalue weighted by molar-refractivity contribution is 14.1. The molecule has 0 saturated carbocycles. The van der Waals surface area contributed by atoms with Gasteiger partial charge in [0.15, 0.2) is 0 Å². The number of rotatable bonds is 1. The number of fused-ring (bicyclic) bond motifs is 1. The zero-order valence-electron chi connectivity index (χ0n) is 11.4. The normalized spacial score (nSPS) is 12.1. The van der Waals surface area contributed by atoms with Crippen molar-refractivity contribution in [3.63, 3.8) is 0 Å². The summed E-state index contributed by atoms with van der Waals surface area (Å²) >= 11 is 3.32. The molecule has 23 heavy (non-hydrogen) atoms. The first-order valence-electron chi connectivity index (χ1n) is 6.24. The summed E-state index contributed by atoms with van der Waals surface area (Å²) in [5, 5.41) is 4.02. The van der Waals surface area contributed by atoms with Gasteiger partial charge in [-0.2, -0.15) is 23.0 Å². The quantitative estimate of drug-likeness (QED) is 0.389. The van der Waals surface area contributed by atoms with E-state index >= 15 is 0 Å². The molecule has 0 N–H and O–H groups in total. The first-order chi connectivity index (χ1) is 10.7. The van der Waals surface area contributed by atoms with Gasteiger partial charge in [-0.15, -0.1) is 11.3 Å². The second kappa shape index (κ2) is 5.55. The van der Waals surface area contributed by atoms with Gasteiger partial charge >= 0.3 is 6.18 Å². The Morgan fingerprint density at radius 3 is 2.65 bits per heavy atom. The number of alkyl halides is 3. The number of hydrogen-bond donors (Lipinski definition) is 0. The second-order valence-electron chi connectivity index (χ2n) is 4.77. The minimum absolute atomic E-state index is 0.317. The van der Waals surface area contributed by atoms with E-state index in [-0.39, 0.29) is 0 Å². The average Bonchev–Trinajstić information content (AvgIpc) is 2.96. The highest BCUT2D eigenvalue weighted by Crippen LogP contribution is 2.34. The van der Waals surface area contributed by atoms with E-state index in [9.17, 15) is 22.4 Å². The van der Waals surface area contributed by atoms with Gasteiger partial charge in [0, 0.05) is 4.88 Å². The van der Waals surface area contributed by atoms with Gasteiger partial charge in [-0.05, 0) is 53.8 Å².